The number of aromatic nitrogens is 2. The van der Waals surface area contributed by atoms with Gasteiger partial charge in [-0.3, -0.25) is 4.68 Å². The van der Waals surface area contributed by atoms with Crippen LogP contribution in [0, 0.1) is 0 Å². The average Bonchev–Trinajstić information content (AvgIpc) is 2.95. The molecular formula is C16H22N4OS. The summed E-state index contributed by atoms with van der Waals surface area (Å²) in [6.07, 6.45) is 4.65. The SMILES string of the molecule is CCOCCCNC(=S)Nc1cnn(Cc2ccccc2)c1. The van der Waals surface area contributed by atoms with Gasteiger partial charge in [-0.2, -0.15) is 5.10 Å². The molecule has 22 heavy (non-hydrogen) atoms. The van der Waals surface area contributed by atoms with Crippen LogP contribution in [-0.2, 0) is 11.3 Å². The van der Waals surface area contributed by atoms with E-state index in [-0.39, 0.29) is 0 Å². The zero-order valence-electron chi connectivity index (χ0n) is 12.8. The summed E-state index contributed by atoms with van der Waals surface area (Å²) < 4.78 is 7.16. The fraction of sp³-hybridized carbons (Fsp3) is 0.375. The molecule has 1 heterocycles. The largest absolute Gasteiger partial charge is 0.382 e. The van der Waals surface area contributed by atoms with Gasteiger partial charge in [0, 0.05) is 26.0 Å². The Morgan fingerprint density at radius 2 is 2.14 bits per heavy atom. The minimum absolute atomic E-state index is 0.607. The van der Waals surface area contributed by atoms with Crippen molar-refractivity contribution in [1.29, 1.82) is 0 Å². The van der Waals surface area contributed by atoms with E-state index < -0.39 is 0 Å². The van der Waals surface area contributed by atoms with Gasteiger partial charge in [-0.05, 0) is 31.1 Å². The zero-order chi connectivity index (χ0) is 15.6. The van der Waals surface area contributed by atoms with Gasteiger partial charge in [0.05, 0.1) is 18.4 Å². The van der Waals surface area contributed by atoms with Crippen molar-refractivity contribution in [3.05, 3.63) is 48.3 Å². The van der Waals surface area contributed by atoms with Gasteiger partial charge in [-0.25, -0.2) is 0 Å². The molecule has 0 unspecified atom stereocenters. The van der Waals surface area contributed by atoms with Crippen LogP contribution in [0.15, 0.2) is 42.7 Å². The third-order valence-electron chi connectivity index (χ3n) is 3.03. The molecule has 6 heteroatoms. The van der Waals surface area contributed by atoms with E-state index in [0.717, 1.165) is 38.4 Å². The number of ether oxygens (including phenoxy) is 1. The first kappa shape index (κ1) is 16.5. The van der Waals surface area contributed by atoms with E-state index in [1.54, 1.807) is 6.20 Å². The Morgan fingerprint density at radius 3 is 2.91 bits per heavy atom. The highest BCUT2D eigenvalue weighted by Crippen LogP contribution is 2.07. The lowest BCUT2D eigenvalue weighted by Gasteiger charge is -2.08. The first-order chi connectivity index (χ1) is 10.8. The van der Waals surface area contributed by atoms with Crippen molar-refractivity contribution in [2.45, 2.75) is 19.9 Å². The van der Waals surface area contributed by atoms with Crippen LogP contribution in [0.2, 0.25) is 0 Å². The molecular weight excluding hydrogens is 296 g/mol. The number of hydrogen-bond acceptors (Lipinski definition) is 3. The molecule has 0 saturated heterocycles. The Kier molecular flexibility index (Phi) is 6.86. The Morgan fingerprint density at radius 1 is 1.32 bits per heavy atom. The minimum Gasteiger partial charge on any atom is -0.382 e. The van der Waals surface area contributed by atoms with Gasteiger partial charge in [0.25, 0.3) is 0 Å². The predicted octanol–water partition coefficient (Wildman–Crippen LogP) is 2.64. The molecule has 0 radical (unpaired) electrons. The van der Waals surface area contributed by atoms with Crippen molar-refractivity contribution < 1.29 is 4.74 Å². The minimum atomic E-state index is 0.607. The quantitative estimate of drug-likeness (QED) is 0.579. The molecule has 0 amide bonds. The molecule has 0 aliphatic heterocycles. The summed E-state index contributed by atoms with van der Waals surface area (Å²) in [5.74, 6) is 0. The van der Waals surface area contributed by atoms with Crippen LogP contribution >= 0.6 is 12.2 Å². The van der Waals surface area contributed by atoms with E-state index in [1.165, 1.54) is 5.56 Å². The first-order valence-electron chi connectivity index (χ1n) is 7.47. The van der Waals surface area contributed by atoms with Gasteiger partial charge in [0.15, 0.2) is 5.11 Å². The van der Waals surface area contributed by atoms with E-state index in [0.29, 0.717) is 5.11 Å². The van der Waals surface area contributed by atoms with E-state index in [2.05, 4.69) is 27.9 Å². The lowest BCUT2D eigenvalue weighted by atomic mass is 10.2. The molecule has 118 valence electrons. The van der Waals surface area contributed by atoms with Crippen LogP contribution in [0.4, 0.5) is 5.69 Å². The van der Waals surface area contributed by atoms with Gasteiger partial charge in [-0.15, -0.1) is 0 Å². The highest BCUT2D eigenvalue weighted by molar-refractivity contribution is 7.80. The summed E-state index contributed by atoms with van der Waals surface area (Å²) in [4.78, 5) is 0. The van der Waals surface area contributed by atoms with Gasteiger partial charge in [0.1, 0.15) is 0 Å². The second kappa shape index (κ2) is 9.17. The number of benzene rings is 1. The van der Waals surface area contributed by atoms with E-state index in [1.807, 2.05) is 36.0 Å². The third kappa shape index (κ3) is 5.83. The van der Waals surface area contributed by atoms with Crippen LogP contribution in [0.1, 0.15) is 18.9 Å². The summed E-state index contributed by atoms with van der Waals surface area (Å²) in [6.45, 7) is 5.04. The molecule has 2 N–H and O–H groups in total. The standard InChI is InChI=1S/C16H22N4OS/c1-2-21-10-6-9-17-16(22)19-15-11-18-20(13-15)12-14-7-4-3-5-8-14/h3-5,7-8,11,13H,2,6,9-10,12H2,1H3,(H2,17,19,22). The number of thiocarbonyl (C=S) groups is 1. The molecule has 0 aliphatic carbocycles. The van der Waals surface area contributed by atoms with Crippen molar-refractivity contribution in [2.75, 3.05) is 25.1 Å². The second-order valence-corrected chi connectivity index (χ2v) is 5.25. The number of nitrogens with zero attached hydrogens (tertiary/aromatic N) is 2. The van der Waals surface area contributed by atoms with Crippen LogP contribution in [0.3, 0.4) is 0 Å². The predicted molar refractivity (Wildman–Crippen MR) is 93.1 cm³/mol. The lowest BCUT2D eigenvalue weighted by molar-refractivity contribution is 0.146. The van der Waals surface area contributed by atoms with Gasteiger partial charge in [-0.1, -0.05) is 30.3 Å². The number of rotatable bonds is 8. The monoisotopic (exact) mass is 318 g/mol. The highest BCUT2D eigenvalue weighted by atomic mass is 32.1. The molecule has 0 spiro atoms. The summed E-state index contributed by atoms with van der Waals surface area (Å²) in [6, 6.07) is 10.2. The summed E-state index contributed by atoms with van der Waals surface area (Å²) in [5, 5.41) is 11.2. The van der Waals surface area contributed by atoms with E-state index in [9.17, 15) is 0 Å². The van der Waals surface area contributed by atoms with Gasteiger partial charge >= 0.3 is 0 Å². The fourth-order valence-electron chi connectivity index (χ4n) is 1.98. The smallest absolute Gasteiger partial charge is 0.170 e. The van der Waals surface area contributed by atoms with Crippen molar-refractivity contribution in [1.82, 2.24) is 15.1 Å². The van der Waals surface area contributed by atoms with Crippen molar-refractivity contribution in [3.8, 4) is 0 Å². The van der Waals surface area contributed by atoms with Crippen molar-refractivity contribution >= 4 is 23.0 Å². The molecule has 5 nitrogen and oxygen atoms in total. The Balaban J connectivity index is 1.73. The Labute approximate surface area is 136 Å². The fourth-order valence-corrected chi connectivity index (χ4v) is 2.20. The highest BCUT2D eigenvalue weighted by Gasteiger charge is 2.01. The maximum Gasteiger partial charge on any atom is 0.170 e. The third-order valence-corrected chi connectivity index (χ3v) is 3.28. The van der Waals surface area contributed by atoms with Gasteiger partial charge in [0.2, 0.25) is 0 Å². The molecule has 1 aromatic carbocycles. The molecule has 0 bridgehead atoms. The molecule has 2 aromatic rings. The summed E-state index contributed by atoms with van der Waals surface area (Å²) >= 11 is 5.25. The van der Waals surface area contributed by atoms with E-state index >= 15 is 0 Å². The van der Waals surface area contributed by atoms with Crippen molar-refractivity contribution in [3.63, 3.8) is 0 Å². The molecule has 0 atom stereocenters. The van der Waals surface area contributed by atoms with Crippen LogP contribution in [-0.4, -0.2) is 34.7 Å². The van der Waals surface area contributed by atoms with Crippen molar-refractivity contribution in [2.24, 2.45) is 0 Å². The maximum absolute atomic E-state index is 5.28. The molecule has 0 aliphatic rings. The summed E-state index contributed by atoms with van der Waals surface area (Å²) in [5.41, 5.74) is 2.10. The van der Waals surface area contributed by atoms with E-state index in [4.69, 9.17) is 17.0 Å². The average molecular weight is 318 g/mol. The molecule has 0 saturated carbocycles. The first-order valence-corrected chi connectivity index (χ1v) is 7.87. The normalized spacial score (nSPS) is 10.4. The molecule has 1 aromatic heterocycles. The summed E-state index contributed by atoms with van der Waals surface area (Å²) in [7, 11) is 0. The number of hydrogen-bond donors (Lipinski definition) is 2. The van der Waals surface area contributed by atoms with Gasteiger partial charge < -0.3 is 15.4 Å². The molecule has 0 fully saturated rings. The number of nitrogens with one attached hydrogen (secondary N) is 2. The lowest BCUT2D eigenvalue weighted by Crippen LogP contribution is -2.29. The van der Waals surface area contributed by atoms with Crippen LogP contribution in [0.25, 0.3) is 0 Å². The Bertz CT molecular complexity index is 571. The van der Waals surface area contributed by atoms with Crippen LogP contribution in [0.5, 0.6) is 0 Å². The zero-order valence-corrected chi connectivity index (χ0v) is 13.6. The number of anilines is 1. The Hall–Kier alpha value is -1.92. The topological polar surface area (TPSA) is 51.1 Å². The maximum atomic E-state index is 5.28. The van der Waals surface area contributed by atoms with Crippen LogP contribution < -0.4 is 10.6 Å². The second-order valence-electron chi connectivity index (χ2n) is 4.84. The molecule has 2 rings (SSSR count).